The second-order valence-corrected chi connectivity index (χ2v) is 4.56. The summed E-state index contributed by atoms with van der Waals surface area (Å²) >= 11 is 0. The van der Waals surface area contributed by atoms with E-state index in [1.54, 1.807) is 0 Å². The fraction of sp³-hybridized carbons (Fsp3) is 0.909. The van der Waals surface area contributed by atoms with Crippen LogP contribution in [-0.4, -0.2) is 49.1 Å². The molecule has 1 heterocycles. The van der Waals surface area contributed by atoms with Crippen molar-refractivity contribution >= 4 is 5.91 Å². The summed E-state index contributed by atoms with van der Waals surface area (Å²) < 4.78 is 0. The van der Waals surface area contributed by atoms with Gasteiger partial charge in [-0.2, -0.15) is 0 Å². The lowest BCUT2D eigenvalue weighted by molar-refractivity contribution is -0.122. The van der Waals surface area contributed by atoms with Crippen molar-refractivity contribution < 1.29 is 4.79 Å². The van der Waals surface area contributed by atoms with Crippen molar-refractivity contribution in [2.75, 3.05) is 26.2 Å². The Morgan fingerprint density at radius 1 is 1.60 bits per heavy atom. The second-order valence-electron chi connectivity index (χ2n) is 4.56. The number of carbonyl (C=O) groups is 1. The number of rotatable bonds is 4. The van der Waals surface area contributed by atoms with E-state index in [1.165, 1.54) is 0 Å². The normalized spacial score (nSPS) is 23.1. The number of nitrogens with one attached hydrogen (secondary N) is 2. The average molecular weight is 213 g/mol. The van der Waals surface area contributed by atoms with Crippen LogP contribution in [-0.2, 0) is 4.79 Å². The monoisotopic (exact) mass is 213 g/mol. The minimum Gasteiger partial charge on any atom is -0.354 e. The van der Waals surface area contributed by atoms with Crippen LogP contribution < -0.4 is 10.6 Å². The van der Waals surface area contributed by atoms with Gasteiger partial charge in [0.05, 0.1) is 0 Å². The van der Waals surface area contributed by atoms with Crippen LogP contribution in [0.1, 0.15) is 27.2 Å². The fourth-order valence-electron chi connectivity index (χ4n) is 1.85. The third-order valence-corrected chi connectivity index (χ3v) is 2.71. The Bertz CT molecular complexity index is 206. The average Bonchev–Trinajstić information content (AvgIpc) is 2.15. The number of nitrogens with zero attached hydrogens (tertiary/aromatic N) is 1. The molecule has 1 amide bonds. The lowest BCUT2D eigenvalue weighted by Crippen LogP contribution is -2.50. The van der Waals surface area contributed by atoms with Gasteiger partial charge in [0.1, 0.15) is 0 Å². The smallest absolute Gasteiger partial charge is 0.221 e. The Balaban J connectivity index is 2.20. The molecule has 0 aliphatic carbocycles. The molecule has 1 aliphatic heterocycles. The van der Waals surface area contributed by atoms with Crippen molar-refractivity contribution in [2.45, 2.75) is 39.3 Å². The third-order valence-electron chi connectivity index (χ3n) is 2.71. The molecule has 0 saturated carbocycles. The molecule has 0 aromatic rings. The van der Waals surface area contributed by atoms with Gasteiger partial charge in [-0.25, -0.2) is 0 Å². The molecule has 4 heteroatoms. The van der Waals surface area contributed by atoms with E-state index in [1.807, 2.05) is 13.8 Å². The van der Waals surface area contributed by atoms with E-state index >= 15 is 0 Å². The molecule has 0 bridgehead atoms. The fourth-order valence-corrected chi connectivity index (χ4v) is 1.85. The summed E-state index contributed by atoms with van der Waals surface area (Å²) in [6.45, 7) is 10.2. The summed E-state index contributed by atoms with van der Waals surface area (Å²) in [6.07, 6.45) is 0.614. The van der Waals surface area contributed by atoms with Crippen LogP contribution in [0.15, 0.2) is 0 Å². The first kappa shape index (κ1) is 12.5. The van der Waals surface area contributed by atoms with Crippen molar-refractivity contribution in [1.29, 1.82) is 0 Å². The first-order chi connectivity index (χ1) is 7.09. The zero-order valence-corrected chi connectivity index (χ0v) is 10.0. The lowest BCUT2D eigenvalue weighted by atomic mass is 10.2. The molecule has 0 spiro atoms. The first-order valence-corrected chi connectivity index (χ1v) is 5.83. The van der Waals surface area contributed by atoms with Crippen molar-refractivity contribution in [2.24, 2.45) is 0 Å². The molecule has 4 nitrogen and oxygen atoms in total. The highest BCUT2D eigenvalue weighted by molar-refractivity contribution is 5.76. The van der Waals surface area contributed by atoms with E-state index in [-0.39, 0.29) is 11.9 Å². The van der Waals surface area contributed by atoms with E-state index < -0.39 is 0 Å². The number of piperazine rings is 1. The van der Waals surface area contributed by atoms with Crippen molar-refractivity contribution in [3.05, 3.63) is 0 Å². The van der Waals surface area contributed by atoms with Crippen LogP contribution in [0.3, 0.4) is 0 Å². The number of hydrogen-bond donors (Lipinski definition) is 2. The number of carbonyl (C=O) groups excluding carboxylic acids is 1. The Hall–Kier alpha value is -0.610. The van der Waals surface area contributed by atoms with Crippen LogP contribution in [0.25, 0.3) is 0 Å². The number of amides is 1. The largest absolute Gasteiger partial charge is 0.354 e. The first-order valence-electron chi connectivity index (χ1n) is 5.83. The molecule has 1 fully saturated rings. The van der Waals surface area contributed by atoms with Gasteiger partial charge in [-0.3, -0.25) is 9.69 Å². The van der Waals surface area contributed by atoms with Crippen LogP contribution >= 0.6 is 0 Å². The molecule has 0 aromatic heterocycles. The molecule has 88 valence electrons. The van der Waals surface area contributed by atoms with Gasteiger partial charge in [-0.1, -0.05) is 0 Å². The summed E-state index contributed by atoms with van der Waals surface area (Å²) in [5.41, 5.74) is 0. The molecule has 2 N–H and O–H groups in total. The Labute approximate surface area is 92.4 Å². The maximum Gasteiger partial charge on any atom is 0.221 e. The van der Waals surface area contributed by atoms with Crippen LogP contribution in [0, 0.1) is 0 Å². The molecule has 1 aliphatic rings. The van der Waals surface area contributed by atoms with E-state index in [0.717, 1.165) is 26.2 Å². The molecule has 0 aromatic carbocycles. The predicted molar refractivity (Wildman–Crippen MR) is 61.8 cm³/mol. The quantitative estimate of drug-likeness (QED) is 0.701. The van der Waals surface area contributed by atoms with Gasteiger partial charge in [-0.15, -0.1) is 0 Å². The molecular weight excluding hydrogens is 190 g/mol. The van der Waals surface area contributed by atoms with Crippen molar-refractivity contribution in [3.8, 4) is 0 Å². The molecule has 1 unspecified atom stereocenters. The maximum atomic E-state index is 11.4. The minimum atomic E-state index is 0.163. The Kier molecular flexibility index (Phi) is 5.05. The summed E-state index contributed by atoms with van der Waals surface area (Å²) in [6, 6.07) is 0.795. The Morgan fingerprint density at radius 3 is 2.93 bits per heavy atom. The highest BCUT2D eigenvalue weighted by Crippen LogP contribution is 2.02. The Morgan fingerprint density at radius 2 is 2.33 bits per heavy atom. The van der Waals surface area contributed by atoms with Gasteiger partial charge in [0, 0.05) is 44.7 Å². The summed E-state index contributed by atoms with van der Waals surface area (Å²) in [4.78, 5) is 13.8. The highest BCUT2D eigenvalue weighted by atomic mass is 16.1. The van der Waals surface area contributed by atoms with E-state index in [0.29, 0.717) is 12.5 Å². The maximum absolute atomic E-state index is 11.4. The van der Waals surface area contributed by atoms with E-state index in [4.69, 9.17) is 0 Å². The van der Waals surface area contributed by atoms with Gasteiger partial charge >= 0.3 is 0 Å². The standard InChI is InChI=1S/C11H23N3O/c1-9(2)13-11(15)4-6-14-7-5-12-8-10(14)3/h9-10,12H,4-8H2,1-3H3,(H,13,15). The van der Waals surface area contributed by atoms with Crippen molar-refractivity contribution in [3.63, 3.8) is 0 Å². The molecule has 1 atom stereocenters. The van der Waals surface area contributed by atoms with Crippen LogP contribution in [0.2, 0.25) is 0 Å². The van der Waals surface area contributed by atoms with E-state index in [2.05, 4.69) is 22.5 Å². The second kappa shape index (κ2) is 6.08. The minimum absolute atomic E-state index is 0.163. The molecule has 1 rings (SSSR count). The van der Waals surface area contributed by atoms with Crippen LogP contribution in [0.4, 0.5) is 0 Å². The lowest BCUT2D eigenvalue weighted by Gasteiger charge is -2.33. The van der Waals surface area contributed by atoms with Gasteiger partial charge < -0.3 is 10.6 Å². The summed E-state index contributed by atoms with van der Waals surface area (Å²) in [5.74, 6) is 0.163. The van der Waals surface area contributed by atoms with Crippen LogP contribution in [0.5, 0.6) is 0 Å². The highest BCUT2D eigenvalue weighted by Gasteiger charge is 2.18. The summed E-state index contributed by atoms with van der Waals surface area (Å²) in [7, 11) is 0. The van der Waals surface area contributed by atoms with Gasteiger partial charge in [-0.05, 0) is 20.8 Å². The molecular formula is C11H23N3O. The van der Waals surface area contributed by atoms with E-state index in [9.17, 15) is 4.79 Å². The van der Waals surface area contributed by atoms with Gasteiger partial charge in [0.15, 0.2) is 0 Å². The molecule has 1 saturated heterocycles. The van der Waals surface area contributed by atoms with Gasteiger partial charge in [0.25, 0.3) is 0 Å². The summed E-state index contributed by atoms with van der Waals surface area (Å²) in [5, 5.41) is 6.26. The third kappa shape index (κ3) is 4.62. The van der Waals surface area contributed by atoms with Gasteiger partial charge in [0.2, 0.25) is 5.91 Å². The number of hydrogen-bond acceptors (Lipinski definition) is 3. The van der Waals surface area contributed by atoms with Crippen molar-refractivity contribution in [1.82, 2.24) is 15.5 Å². The molecule has 0 radical (unpaired) electrons. The predicted octanol–water partition coefficient (Wildman–Crippen LogP) is 0.195. The topological polar surface area (TPSA) is 44.4 Å². The molecule has 15 heavy (non-hydrogen) atoms. The SMILES string of the molecule is CC(C)NC(=O)CCN1CCNCC1C. The zero-order valence-electron chi connectivity index (χ0n) is 10.0. The zero-order chi connectivity index (χ0) is 11.3.